The van der Waals surface area contributed by atoms with E-state index in [4.69, 9.17) is 4.74 Å². The molecule has 0 radical (unpaired) electrons. The molecule has 8 heteroatoms. The number of carbonyl (C=O) groups is 3. The number of nitriles is 1. The Labute approximate surface area is 190 Å². The summed E-state index contributed by atoms with van der Waals surface area (Å²) in [6.45, 7) is 3.74. The van der Waals surface area contributed by atoms with Gasteiger partial charge in [-0.3, -0.25) is 14.4 Å². The smallest absolute Gasteiger partial charge is 0.319 e. The molecule has 0 bridgehead atoms. The first-order valence-electron chi connectivity index (χ1n) is 9.94. The van der Waals surface area contributed by atoms with Gasteiger partial charge < -0.3 is 15.4 Å². The summed E-state index contributed by atoms with van der Waals surface area (Å²) in [6.07, 6.45) is 0. The number of nitrogens with one attached hydrogen (secondary N) is 2. The minimum absolute atomic E-state index is 0.0154. The summed E-state index contributed by atoms with van der Waals surface area (Å²) in [5.74, 6) is -3.56. The van der Waals surface area contributed by atoms with Gasteiger partial charge in [-0.1, -0.05) is 54.2 Å². The quantitative estimate of drug-likeness (QED) is 0.517. The monoisotopic (exact) mass is 449 g/mol. The Hall–Kier alpha value is -3.57. The summed E-state index contributed by atoms with van der Waals surface area (Å²) in [4.78, 5) is 37.8. The minimum Gasteiger partial charge on any atom is -0.468 e. The lowest BCUT2D eigenvalue weighted by Gasteiger charge is -2.31. The normalized spacial score (nSPS) is 17.9. The molecule has 0 unspecified atom stereocenters. The Morgan fingerprint density at radius 2 is 1.78 bits per heavy atom. The van der Waals surface area contributed by atoms with Crippen molar-refractivity contribution in [2.45, 2.75) is 19.8 Å². The van der Waals surface area contributed by atoms with E-state index in [0.717, 1.165) is 22.9 Å². The van der Waals surface area contributed by atoms with Crippen LogP contribution in [0.2, 0.25) is 0 Å². The van der Waals surface area contributed by atoms with Crippen LogP contribution in [0.4, 0.5) is 5.69 Å². The molecule has 0 fully saturated rings. The highest BCUT2D eigenvalue weighted by Crippen LogP contribution is 2.41. The third kappa shape index (κ3) is 4.84. The molecule has 3 rings (SSSR count). The zero-order valence-corrected chi connectivity index (χ0v) is 18.8. The number of anilines is 1. The molecule has 7 nitrogen and oxygen atoms in total. The topological polar surface area (TPSA) is 108 Å². The van der Waals surface area contributed by atoms with Crippen molar-refractivity contribution >= 4 is 35.2 Å². The van der Waals surface area contributed by atoms with Crippen molar-refractivity contribution < 1.29 is 19.1 Å². The van der Waals surface area contributed by atoms with Gasteiger partial charge in [0.1, 0.15) is 5.92 Å². The Morgan fingerprint density at radius 3 is 2.41 bits per heavy atom. The predicted molar refractivity (Wildman–Crippen MR) is 122 cm³/mol. The fraction of sp³-hybridized carbons (Fsp3) is 0.250. The average Bonchev–Trinajstić information content (AvgIpc) is 2.78. The molecule has 2 atom stereocenters. The number of esters is 1. The molecule has 2 aromatic rings. The van der Waals surface area contributed by atoms with E-state index in [0.29, 0.717) is 11.3 Å². The molecule has 2 N–H and O–H groups in total. The SMILES string of the molecule is COC(=O)[C@@H]1C(=O)NC(SCC(=O)Nc2ccccc2C)=C(C#N)[C@H]1c1ccccc1C. The second kappa shape index (κ2) is 10.2. The van der Waals surface area contributed by atoms with E-state index >= 15 is 0 Å². The second-order valence-electron chi connectivity index (χ2n) is 7.33. The minimum atomic E-state index is -1.19. The van der Waals surface area contributed by atoms with Gasteiger partial charge in [0.15, 0.2) is 0 Å². The van der Waals surface area contributed by atoms with Crippen LogP contribution in [-0.4, -0.2) is 30.6 Å². The number of methoxy groups -OCH3 is 1. The molecular weight excluding hydrogens is 426 g/mol. The molecule has 1 aliphatic rings. The molecule has 0 saturated heterocycles. The van der Waals surface area contributed by atoms with Crippen molar-refractivity contribution in [3.05, 3.63) is 75.8 Å². The number of rotatable bonds is 6. The number of thioether (sulfide) groups is 1. The van der Waals surface area contributed by atoms with E-state index in [2.05, 4.69) is 16.7 Å². The molecule has 2 amide bonds. The largest absolute Gasteiger partial charge is 0.468 e. The number of para-hydroxylation sites is 1. The third-order valence-electron chi connectivity index (χ3n) is 5.27. The Bertz CT molecular complexity index is 1140. The fourth-order valence-electron chi connectivity index (χ4n) is 3.63. The van der Waals surface area contributed by atoms with E-state index in [1.54, 1.807) is 18.2 Å². The van der Waals surface area contributed by atoms with Gasteiger partial charge in [0.05, 0.1) is 29.5 Å². The van der Waals surface area contributed by atoms with Crippen LogP contribution >= 0.6 is 11.8 Å². The number of allylic oxidation sites excluding steroid dienone is 1. The maximum absolute atomic E-state index is 12.9. The van der Waals surface area contributed by atoms with Crippen molar-refractivity contribution in [1.29, 1.82) is 5.26 Å². The fourth-order valence-corrected chi connectivity index (χ4v) is 4.48. The number of amides is 2. The summed E-state index contributed by atoms with van der Waals surface area (Å²) >= 11 is 1.05. The summed E-state index contributed by atoms with van der Waals surface area (Å²) in [5, 5.41) is 15.7. The molecule has 0 saturated carbocycles. The van der Waals surface area contributed by atoms with Crippen LogP contribution in [0.1, 0.15) is 22.6 Å². The number of hydrogen-bond acceptors (Lipinski definition) is 6. The molecule has 164 valence electrons. The molecule has 0 aromatic heterocycles. The molecule has 0 spiro atoms. The van der Waals surface area contributed by atoms with Gasteiger partial charge in [0.2, 0.25) is 11.8 Å². The number of aryl methyl sites for hydroxylation is 2. The summed E-state index contributed by atoms with van der Waals surface area (Å²) in [6, 6.07) is 16.8. The highest BCUT2D eigenvalue weighted by molar-refractivity contribution is 8.03. The number of benzene rings is 2. The zero-order valence-electron chi connectivity index (χ0n) is 18.0. The van der Waals surface area contributed by atoms with Crippen molar-refractivity contribution in [3.8, 4) is 6.07 Å². The van der Waals surface area contributed by atoms with Crippen LogP contribution in [0, 0.1) is 31.1 Å². The number of ether oxygens (including phenoxy) is 1. The summed E-state index contributed by atoms with van der Waals surface area (Å²) in [7, 11) is 1.21. The lowest BCUT2D eigenvalue weighted by molar-refractivity contribution is -0.150. The maximum Gasteiger partial charge on any atom is 0.319 e. The average molecular weight is 450 g/mol. The van der Waals surface area contributed by atoms with Crippen molar-refractivity contribution in [1.82, 2.24) is 5.32 Å². The molecule has 1 aliphatic heterocycles. The Balaban J connectivity index is 1.92. The van der Waals surface area contributed by atoms with Gasteiger partial charge in [-0.25, -0.2) is 0 Å². The number of hydrogen-bond donors (Lipinski definition) is 2. The predicted octanol–water partition coefficient (Wildman–Crippen LogP) is 3.41. The summed E-state index contributed by atoms with van der Waals surface area (Å²) in [5.41, 5.74) is 3.38. The first kappa shape index (κ1) is 23.1. The first-order valence-corrected chi connectivity index (χ1v) is 10.9. The highest BCUT2D eigenvalue weighted by Gasteiger charge is 2.44. The van der Waals surface area contributed by atoms with Gasteiger partial charge in [-0.05, 0) is 36.6 Å². The zero-order chi connectivity index (χ0) is 23.3. The van der Waals surface area contributed by atoms with Crippen LogP contribution < -0.4 is 10.6 Å². The van der Waals surface area contributed by atoms with Gasteiger partial charge in [-0.2, -0.15) is 5.26 Å². The molecule has 2 aromatic carbocycles. The van der Waals surface area contributed by atoms with E-state index < -0.39 is 23.7 Å². The van der Waals surface area contributed by atoms with Crippen LogP contribution in [-0.2, 0) is 19.1 Å². The maximum atomic E-state index is 12.9. The lowest BCUT2D eigenvalue weighted by Crippen LogP contribution is -2.44. The van der Waals surface area contributed by atoms with Crippen molar-refractivity contribution in [3.63, 3.8) is 0 Å². The van der Waals surface area contributed by atoms with E-state index in [1.165, 1.54) is 7.11 Å². The standard InChI is InChI=1S/C24H23N3O4S/c1-14-8-4-6-10-16(14)20-17(12-25)23(27-22(29)21(20)24(30)31-3)32-13-19(28)26-18-11-7-5-9-15(18)2/h4-11,20-21H,13H2,1-3H3,(H,26,28)(H,27,29)/t20-,21+/m1/s1. The van der Waals surface area contributed by atoms with E-state index in [9.17, 15) is 19.6 Å². The van der Waals surface area contributed by atoms with Gasteiger partial charge in [0.25, 0.3) is 0 Å². The van der Waals surface area contributed by atoms with Gasteiger partial charge in [0, 0.05) is 11.6 Å². The number of nitrogens with zero attached hydrogens (tertiary/aromatic N) is 1. The van der Waals surface area contributed by atoms with Crippen LogP contribution in [0.5, 0.6) is 0 Å². The van der Waals surface area contributed by atoms with Crippen LogP contribution in [0.3, 0.4) is 0 Å². The van der Waals surface area contributed by atoms with Crippen LogP contribution in [0.15, 0.2) is 59.1 Å². The summed E-state index contributed by atoms with van der Waals surface area (Å²) < 4.78 is 4.85. The number of carbonyl (C=O) groups excluding carboxylic acids is 3. The molecule has 0 aliphatic carbocycles. The van der Waals surface area contributed by atoms with Gasteiger partial charge in [-0.15, -0.1) is 0 Å². The van der Waals surface area contributed by atoms with E-state index in [1.807, 2.05) is 44.2 Å². The van der Waals surface area contributed by atoms with Crippen molar-refractivity contribution in [2.24, 2.45) is 5.92 Å². The highest BCUT2D eigenvalue weighted by atomic mass is 32.2. The van der Waals surface area contributed by atoms with Crippen LogP contribution in [0.25, 0.3) is 0 Å². The molecular formula is C24H23N3O4S. The molecule has 1 heterocycles. The van der Waals surface area contributed by atoms with Crippen molar-refractivity contribution in [2.75, 3.05) is 18.2 Å². The first-order chi connectivity index (χ1) is 15.4. The Kier molecular flexibility index (Phi) is 7.33. The lowest BCUT2D eigenvalue weighted by atomic mass is 9.77. The van der Waals surface area contributed by atoms with E-state index in [-0.39, 0.29) is 22.3 Å². The van der Waals surface area contributed by atoms with Gasteiger partial charge >= 0.3 is 5.97 Å². The second-order valence-corrected chi connectivity index (χ2v) is 8.32. The third-order valence-corrected chi connectivity index (χ3v) is 6.29. The Morgan fingerprint density at radius 1 is 1.12 bits per heavy atom. The molecule has 32 heavy (non-hydrogen) atoms.